The molecule has 0 aromatic rings. The van der Waals surface area contributed by atoms with E-state index in [-0.39, 0.29) is 17.4 Å². The number of hydrogen-bond donors (Lipinski definition) is 2. The van der Waals surface area contributed by atoms with Gasteiger partial charge in [-0.05, 0) is 6.92 Å². The number of rotatable bonds is 6. The first kappa shape index (κ1) is 13.2. The lowest BCUT2D eigenvalue weighted by atomic mass is 10.4. The predicted molar refractivity (Wildman–Crippen MR) is 56.2 cm³/mol. The number of thioether (sulfide) groups is 1. The van der Waals surface area contributed by atoms with Crippen LogP contribution in [0.3, 0.4) is 0 Å². The predicted octanol–water partition coefficient (Wildman–Crippen LogP) is -0.390. The number of carbonyl (C=O) groups excluding carboxylic acids is 1. The smallest absolute Gasteiger partial charge is 0.321 e. The first-order valence-electron chi connectivity index (χ1n) is 4.29. The van der Waals surface area contributed by atoms with Gasteiger partial charge in [-0.15, -0.1) is 11.8 Å². The minimum absolute atomic E-state index is 0.00455. The van der Waals surface area contributed by atoms with Crippen LogP contribution in [0.25, 0.3) is 0 Å². The third-order valence-electron chi connectivity index (χ3n) is 1.74. The van der Waals surface area contributed by atoms with Crippen molar-refractivity contribution in [3.05, 3.63) is 0 Å². The van der Waals surface area contributed by atoms with Gasteiger partial charge in [-0.1, -0.05) is 0 Å². The number of carboxylic acid groups (broad SMARTS) is 1. The third-order valence-corrected chi connectivity index (χ3v) is 2.79. The number of hydrogen-bond acceptors (Lipinski definition) is 4. The van der Waals surface area contributed by atoms with Gasteiger partial charge in [0.05, 0.1) is 5.75 Å². The van der Waals surface area contributed by atoms with E-state index in [4.69, 9.17) is 10.8 Å². The van der Waals surface area contributed by atoms with Crippen LogP contribution in [0, 0.1) is 0 Å². The molecule has 0 aliphatic rings. The minimum atomic E-state index is -1.03. The van der Waals surface area contributed by atoms with Crippen LogP contribution in [0.1, 0.15) is 6.92 Å². The topological polar surface area (TPSA) is 83.6 Å². The molecule has 0 aromatic carbocycles. The van der Waals surface area contributed by atoms with Gasteiger partial charge in [-0.2, -0.15) is 0 Å². The fraction of sp³-hybridized carbons (Fsp3) is 0.750. The second-order valence-corrected chi connectivity index (χ2v) is 3.90. The van der Waals surface area contributed by atoms with E-state index in [1.807, 2.05) is 6.92 Å². The van der Waals surface area contributed by atoms with Gasteiger partial charge in [0.2, 0.25) is 5.91 Å². The molecule has 0 heterocycles. The average Bonchev–Trinajstić information content (AvgIpc) is 2.15. The van der Waals surface area contributed by atoms with Gasteiger partial charge < -0.3 is 15.7 Å². The quantitative estimate of drug-likeness (QED) is 0.637. The van der Waals surface area contributed by atoms with Gasteiger partial charge in [0.1, 0.15) is 6.04 Å². The van der Waals surface area contributed by atoms with Crippen molar-refractivity contribution in [3.8, 4) is 0 Å². The molecule has 3 N–H and O–H groups in total. The maximum atomic E-state index is 11.2. The van der Waals surface area contributed by atoms with E-state index < -0.39 is 12.0 Å². The average molecular weight is 220 g/mol. The molecule has 0 aliphatic heterocycles. The summed E-state index contributed by atoms with van der Waals surface area (Å²) in [6.07, 6.45) is 0. The number of carbonyl (C=O) groups is 2. The van der Waals surface area contributed by atoms with Crippen molar-refractivity contribution in [2.75, 3.05) is 25.1 Å². The number of aliphatic carboxylic acids is 1. The minimum Gasteiger partial charge on any atom is -0.480 e. The van der Waals surface area contributed by atoms with Crippen LogP contribution in [0.4, 0.5) is 0 Å². The van der Waals surface area contributed by atoms with Gasteiger partial charge in [0, 0.05) is 19.3 Å². The van der Waals surface area contributed by atoms with Gasteiger partial charge in [0.25, 0.3) is 0 Å². The van der Waals surface area contributed by atoms with Crippen LogP contribution >= 0.6 is 11.8 Å². The summed E-state index contributed by atoms with van der Waals surface area (Å²) in [5.41, 5.74) is 5.27. The van der Waals surface area contributed by atoms with Gasteiger partial charge >= 0.3 is 5.97 Å². The van der Waals surface area contributed by atoms with E-state index in [2.05, 4.69) is 0 Å². The Balaban J connectivity index is 3.64. The molecule has 0 radical (unpaired) electrons. The maximum absolute atomic E-state index is 11.2. The molecule has 0 rings (SSSR count). The Bertz CT molecular complexity index is 211. The number of carboxylic acids is 1. The standard InChI is InChI=1S/C8H16N2O3S/c1-3-10(2)7(11)5-14-4-6(9)8(12)13/h6H,3-5,9H2,1-2H3,(H,12,13). The highest BCUT2D eigenvalue weighted by Crippen LogP contribution is 2.03. The Morgan fingerprint density at radius 3 is 2.57 bits per heavy atom. The summed E-state index contributed by atoms with van der Waals surface area (Å²) in [7, 11) is 1.71. The summed E-state index contributed by atoms with van der Waals surface area (Å²) in [5, 5.41) is 8.47. The zero-order valence-electron chi connectivity index (χ0n) is 8.40. The summed E-state index contributed by atoms with van der Waals surface area (Å²) in [5.74, 6) is -0.492. The van der Waals surface area contributed by atoms with E-state index in [9.17, 15) is 9.59 Å². The highest BCUT2D eigenvalue weighted by Gasteiger charge is 2.13. The first-order chi connectivity index (χ1) is 6.49. The van der Waals surface area contributed by atoms with Crippen LogP contribution in [0.5, 0.6) is 0 Å². The fourth-order valence-electron chi connectivity index (χ4n) is 0.631. The molecule has 0 aliphatic carbocycles. The van der Waals surface area contributed by atoms with Gasteiger partial charge in [0.15, 0.2) is 0 Å². The highest BCUT2D eigenvalue weighted by atomic mass is 32.2. The molecule has 0 saturated heterocycles. The van der Waals surface area contributed by atoms with Crippen molar-refractivity contribution in [1.82, 2.24) is 4.90 Å². The Hall–Kier alpha value is -0.750. The summed E-state index contributed by atoms with van der Waals surface area (Å²) in [4.78, 5) is 23.2. The molecule has 0 bridgehead atoms. The molecule has 14 heavy (non-hydrogen) atoms. The highest BCUT2D eigenvalue weighted by molar-refractivity contribution is 8.00. The molecule has 1 amide bonds. The lowest BCUT2D eigenvalue weighted by molar-refractivity contribution is -0.138. The van der Waals surface area contributed by atoms with E-state index in [0.717, 1.165) is 0 Å². The van der Waals surface area contributed by atoms with Crippen molar-refractivity contribution in [2.45, 2.75) is 13.0 Å². The summed E-state index contributed by atoms with van der Waals surface area (Å²) in [6.45, 7) is 2.54. The SMILES string of the molecule is CCN(C)C(=O)CSCC(N)C(=O)O. The molecular weight excluding hydrogens is 204 g/mol. The normalized spacial score (nSPS) is 12.2. The number of amides is 1. The van der Waals surface area contributed by atoms with Gasteiger partial charge in [-0.3, -0.25) is 9.59 Å². The third kappa shape index (κ3) is 5.08. The van der Waals surface area contributed by atoms with Crippen LogP contribution < -0.4 is 5.73 Å². The molecule has 5 nitrogen and oxygen atoms in total. The van der Waals surface area contributed by atoms with Crippen molar-refractivity contribution >= 4 is 23.6 Å². The van der Waals surface area contributed by atoms with E-state index in [1.165, 1.54) is 11.8 Å². The van der Waals surface area contributed by atoms with E-state index in [1.54, 1.807) is 11.9 Å². The molecule has 6 heteroatoms. The lowest BCUT2D eigenvalue weighted by Gasteiger charge is -2.14. The first-order valence-corrected chi connectivity index (χ1v) is 5.44. The molecular formula is C8H16N2O3S. The summed E-state index contributed by atoms with van der Waals surface area (Å²) >= 11 is 1.24. The van der Waals surface area contributed by atoms with E-state index >= 15 is 0 Å². The Morgan fingerprint density at radius 1 is 1.57 bits per heavy atom. The van der Waals surface area contributed by atoms with Crippen LogP contribution in [0.2, 0.25) is 0 Å². The maximum Gasteiger partial charge on any atom is 0.321 e. The van der Waals surface area contributed by atoms with Gasteiger partial charge in [-0.25, -0.2) is 0 Å². The Morgan fingerprint density at radius 2 is 2.14 bits per heavy atom. The number of nitrogens with two attached hydrogens (primary N) is 1. The largest absolute Gasteiger partial charge is 0.480 e. The summed E-state index contributed by atoms with van der Waals surface area (Å²) < 4.78 is 0. The van der Waals surface area contributed by atoms with Crippen molar-refractivity contribution in [3.63, 3.8) is 0 Å². The molecule has 1 unspecified atom stereocenters. The van der Waals surface area contributed by atoms with Crippen LogP contribution in [0.15, 0.2) is 0 Å². The van der Waals surface area contributed by atoms with E-state index in [0.29, 0.717) is 6.54 Å². The Labute approximate surface area is 87.6 Å². The molecule has 82 valence electrons. The van der Waals surface area contributed by atoms with Crippen LogP contribution in [-0.4, -0.2) is 53.0 Å². The monoisotopic (exact) mass is 220 g/mol. The number of nitrogens with zero attached hydrogens (tertiary/aromatic N) is 1. The lowest BCUT2D eigenvalue weighted by Crippen LogP contribution is -2.34. The van der Waals surface area contributed by atoms with Crippen molar-refractivity contribution in [1.29, 1.82) is 0 Å². The molecule has 0 fully saturated rings. The van der Waals surface area contributed by atoms with Crippen molar-refractivity contribution < 1.29 is 14.7 Å². The second kappa shape index (κ2) is 6.67. The fourth-order valence-corrected chi connectivity index (χ4v) is 1.54. The molecule has 0 spiro atoms. The molecule has 1 atom stereocenters. The van der Waals surface area contributed by atoms with Crippen molar-refractivity contribution in [2.24, 2.45) is 5.73 Å². The zero-order valence-corrected chi connectivity index (χ0v) is 9.21. The summed E-state index contributed by atoms with van der Waals surface area (Å²) in [6, 6.07) is -0.889. The molecule has 0 aromatic heterocycles. The Kier molecular flexibility index (Phi) is 6.31. The van der Waals surface area contributed by atoms with Crippen LogP contribution in [-0.2, 0) is 9.59 Å². The zero-order chi connectivity index (χ0) is 11.1. The molecule has 0 saturated carbocycles. The second-order valence-electron chi connectivity index (χ2n) is 2.87.